The summed E-state index contributed by atoms with van der Waals surface area (Å²) in [4.78, 5) is 45.3. The van der Waals surface area contributed by atoms with Crippen LogP contribution in [0.2, 0.25) is 0 Å². The molecule has 0 saturated heterocycles. The second-order valence-electron chi connectivity index (χ2n) is 10.9. The van der Waals surface area contributed by atoms with E-state index in [9.17, 15) is 14.4 Å². The highest BCUT2D eigenvalue weighted by Crippen LogP contribution is 2.28. The Hall–Kier alpha value is -3.36. The number of nitrogens with zero attached hydrogens (tertiary/aromatic N) is 3. The first-order valence-electron chi connectivity index (χ1n) is 12.0. The smallest absolute Gasteiger partial charge is 0.410 e. The number of likely N-dealkylation sites (N-methyl/N-ethyl adjacent to an activating group) is 1. The summed E-state index contributed by atoms with van der Waals surface area (Å²) in [6, 6.07) is 8.88. The molecule has 0 spiro atoms. The molecule has 36 heavy (non-hydrogen) atoms. The lowest BCUT2D eigenvalue weighted by atomic mass is 9.86. The third kappa shape index (κ3) is 6.65. The van der Waals surface area contributed by atoms with Gasteiger partial charge in [-0.2, -0.15) is 0 Å². The zero-order valence-corrected chi connectivity index (χ0v) is 21.8. The molecule has 1 atom stereocenters. The Morgan fingerprint density at radius 2 is 1.67 bits per heavy atom. The molecule has 1 aliphatic rings. The van der Waals surface area contributed by atoms with E-state index in [1.54, 1.807) is 11.9 Å². The maximum absolute atomic E-state index is 13.6. The number of nitrogens with one attached hydrogen (secondary N) is 2. The summed E-state index contributed by atoms with van der Waals surface area (Å²) in [6.07, 6.45) is 0.254. The molecule has 2 aromatic rings. The van der Waals surface area contributed by atoms with E-state index in [2.05, 4.69) is 10.6 Å². The van der Waals surface area contributed by atoms with Crippen molar-refractivity contribution in [3.8, 4) is 11.4 Å². The summed E-state index contributed by atoms with van der Waals surface area (Å²) >= 11 is 0. The van der Waals surface area contributed by atoms with Crippen molar-refractivity contribution < 1.29 is 19.1 Å². The number of carbonyl (C=O) groups is 3. The summed E-state index contributed by atoms with van der Waals surface area (Å²) in [7, 11) is 1.54. The minimum Gasteiger partial charge on any atom is -0.444 e. The van der Waals surface area contributed by atoms with Gasteiger partial charge in [0.25, 0.3) is 5.91 Å². The zero-order chi connectivity index (χ0) is 26.0. The molecule has 0 unspecified atom stereocenters. The first-order valence-corrected chi connectivity index (χ1v) is 12.0. The van der Waals surface area contributed by atoms with Gasteiger partial charge in [-0.1, -0.05) is 58.5 Å². The van der Waals surface area contributed by atoms with Crippen LogP contribution in [0.4, 0.5) is 4.79 Å². The Bertz CT molecular complexity index is 1080. The van der Waals surface area contributed by atoms with Crippen LogP contribution in [0.25, 0.3) is 11.4 Å². The standard InChI is InChI=1S/C26H37N5O4.CH4/c1-25(2,3)20(23(33)27-7)29-22(32)19-18-16-30(24(34)35-26(4,5)6)14-11-15-31(18)21(28-19)17-12-9-8-10-13-17;/h8-10,12-13,20H,11,14-16H2,1-7H3,(H,27,33)(H,29,32);1H4/t20-;/m1./s1. The van der Waals surface area contributed by atoms with Gasteiger partial charge in [0.05, 0.1) is 12.2 Å². The van der Waals surface area contributed by atoms with Crippen LogP contribution in [-0.2, 0) is 22.6 Å². The molecule has 0 saturated carbocycles. The summed E-state index contributed by atoms with van der Waals surface area (Å²) in [5.41, 5.74) is 0.549. The van der Waals surface area contributed by atoms with Crippen molar-refractivity contribution in [2.24, 2.45) is 5.41 Å². The molecule has 9 nitrogen and oxygen atoms in total. The Balaban J connectivity index is 0.00000456. The van der Waals surface area contributed by atoms with Crippen molar-refractivity contribution >= 4 is 17.9 Å². The van der Waals surface area contributed by atoms with Gasteiger partial charge >= 0.3 is 6.09 Å². The van der Waals surface area contributed by atoms with E-state index in [-0.39, 0.29) is 25.6 Å². The van der Waals surface area contributed by atoms with Crippen molar-refractivity contribution in [3.05, 3.63) is 41.7 Å². The zero-order valence-electron chi connectivity index (χ0n) is 21.8. The molecule has 2 heterocycles. The van der Waals surface area contributed by atoms with Gasteiger partial charge in [0, 0.05) is 25.7 Å². The third-order valence-electron chi connectivity index (χ3n) is 5.77. The molecule has 1 aliphatic heterocycles. The fourth-order valence-electron chi connectivity index (χ4n) is 4.06. The van der Waals surface area contributed by atoms with Gasteiger partial charge in [0.1, 0.15) is 17.5 Å². The minimum absolute atomic E-state index is 0. The number of imidazole rings is 1. The van der Waals surface area contributed by atoms with Crippen molar-refractivity contribution in [2.45, 2.75) is 80.1 Å². The van der Waals surface area contributed by atoms with Crippen molar-refractivity contribution in [2.75, 3.05) is 13.6 Å². The number of benzene rings is 1. The summed E-state index contributed by atoms with van der Waals surface area (Å²) in [6.45, 7) is 12.4. The Labute approximate surface area is 214 Å². The number of amides is 3. The van der Waals surface area contributed by atoms with Gasteiger partial charge < -0.3 is 24.8 Å². The maximum atomic E-state index is 13.6. The number of carbonyl (C=O) groups excluding carboxylic acids is 3. The second kappa shape index (κ2) is 11.1. The summed E-state index contributed by atoms with van der Waals surface area (Å²) in [5, 5.41) is 5.51. The van der Waals surface area contributed by atoms with Gasteiger partial charge in [0.2, 0.25) is 5.91 Å². The molecule has 9 heteroatoms. The lowest BCUT2D eigenvalue weighted by molar-refractivity contribution is -0.124. The molecule has 2 N–H and O–H groups in total. The second-order valence-corrected chi connectivity index (χ2v) is 10.9. The predicted octanol–water partition coefficient (Wildman–Crippen LogP) is 4.22. The summed E-state index contributed by atoms with van der Waals surface area (Å²) in [5.74, 6) is -0.0793. The van der Waals surface area contributed by atoms with Crippen LogP contribution in [0.3, 0.4) is 0 Å². The topological polar surface area (TPSA) is 106 Å². The van der Waals surface area contributed by atoms with Crippen molar-refractivity contribution in [3.63, 3.8) is 0 Å². The van der Waals surface area contributed by atoms with Crippen LogP contribution in [0.5, 0.6) is 0 Å². The molecule has 1 aromatic heterocycles. The maximum Gasteiger partial charge on any atom is 0.410 e. The fourth-order valence-corrected chi connectivity index (χ4v) is 4.06. The van der Waals surface area contributed by atoms with E-state index < -0.39 is 29.1 Å². The van der Waals surface area contributed by atoms with Gasteiger partial charge in [-0.05, 0) is 32.6 Å². The quantitative estimate of drug-likeness (QED) is 0.655. The van der Waals surface area contributed by atoms with Gasteiger partial charge in [-0.25, -0.2) is 9.78 Å². The highest BCUT2D eigenvalue weighted by molar-refractivity contribution is 5.98. The molecule has 1 aromatic carbocycles. The first-order chi connectivity index (χ1) is 16.3. The molecular weight excluding hydrogens is 458 g/mol. The Kier molecular flexibility index (Phi) is 8.93. The van der Waals surface area contributed by atoms with Crippen LogP contribution in [-0.4, -0.2) is 57.6 Å². The van der Waals surface area contributed by atoms with E-state index in [1.165, 1.54) is 0 Å². The monoisotopic (exact) mass is 499 g/mol. The van der Waals surface area contributed by atoms with E-state index in [1.807, 2.05) is 76.4 Å². The number of rotatable bonds is 4. The van der Waals surface area contributed by atoms with E-state index in [4.69, 9.17) is 9.72 Å². The van der Waals surface area contributed by atoms with Crippen LogP contribution in [0, 0.1) is 5.41 Å². The third-order valence-corrected chi connectivity index (χ3v) is 5.77. The Morgan fingerprint density at radius 1 is 1.03 bits per heavy atom. The predicted molar refractivity (Wildman–Crippen MR) is 140 cm³/mol. The van der Waals surface area contributed by atoms with Gasteiger partial charge in [0.15, 0.2) is 5.69 Å². The largest absolute Gasteiger partial charge is 0.444 e. The summed E-state index contributed by atoms with van der Waals surface area (Å²) < 4.78 is 7.60. The lowest BCUT2D eigenvalue weighted by Crippen LogP contribution is -2.53. The number of hydrogen-bond donors (Lipinski definition) is 2. The number of fused-ring (bicyclic) bond motifs is 1. The van der Waals surface area contributed by atoms with Crippen LogP contribution < -0.4 is 10.6 Å². The van der Waals surface area contributed by atoms with E-state index in [0.29, 0.717) is 31.0 Å². The molecule has 0 bridgehead atoms. The molecule has 3 rings (SSSR count). The highest BCUT2D eigenvalue weighted by atomic mass is 16.6. The minimum atomic E-state index is -0.759. The normalized spacial score (nSPS) is 14.6. The molecule has 3 amide bonds. The SMILES string of the molecule is C.CNC(=O)[C@@H](NC(=O)c1nc(-c2ccccc2)n2c1CN(C(=O)OC(C)(C)C)CCC2)C(C)(C)C. The van der Waals surface area contributed by atoms with E-state index >= 15 is 0 Å². The van der Waals surface area contributed by atoms with E-state index in [0.717, 1.165) is 5.56 Å². The molecular formula is C27H41N5O4. The molecule has 0 radical (unpaired) electrons. The highest BCUT2D eigenvalue weighted by Gasteiger charge is 2.35. The molecule has 198 valence electrons. The average molecular weight is 500 g/mol. The number of aromatic nitrogens is 2. The Morgan fingerprint density at radius 3 is 2.22 bits per heavy atom. The molecule has 0 aliphatic carbocycles. The molecule has 0 fully saturated rings. The van der Waals surface area contributed by atoms with Crippen molar-refractivity contribution in [1.29, 1.82) is 0 Å². The van der Waals surface area contributed by atoms with Gasteiger partial charge in [-0.15, -0.1) is 0 Å². The average Bonchev–Trinajstić information content (AvgIpc) is 2.98. The first kappa shape index (κ1) is 28.9. The lowest BCUT2D eigenvalue weighted by Gasteiger charge is -2.30. The fraction of sp³-hybridized carbons (Fsp3) is 0.556. The van der Waals surface area contributed by atoms with Gasteiger partial charge in [-0.3, -0.25) is 9.59 Å². The van der Waals surface area contributed by atoms with Crippen LogP contribution in [0.1, 0.15) is 71.6 Å². The van der Waals surface area contributed by atoms with Crippen molar-refractivity contribution in [1.82, 2.24) is 25.1 Å². The van der Waals surface area contributed by atoms with Crippen LogP contribution >= 0.6 is 0 Å². The number of ether oxygens (including phenoxy) is 1. The number of hydrogen-bond acceptors (Lipinski definition) is 5. The van der Waals surface area contributed by atoms with Crippen LogP contribution in [0.15, 0.2) is 30.3 Å².